The lowest BCUT2D eigenvalue weighted by molar-refractivity contribution is -0.161. The van der Waals surface area contributed by atoms with E-state index in [2.05, 4.69) is 142 Å². The molecule has 0 radical (unpaired) electrons. The third-order valence-electron chi connectivity index (χ3n) is 19.2. The van der Waals surface area contributed by atoms with Gasteiger partial charge in [-0.15, -0.1) is 0 Å². The minimum Gasteiger partial charge on any atom is -0.463 e. The molecule has 0 aliphatic carbocycles. The average Bonchev–Trinajstić information content (AvgIpc) is 0.902. The van der Waals surface area contributed by atoms with Crippen molar-refractivity contribution in [2.24, 2.45) is 0 Å². The molecule has 5 unspecified atom stereocenters. The molecule has 0 aliphatic heterocycles. The third-order valence-corrected chi connectivity index (χ3v) is 21.1. The van der Waals surface area contributed by atoms with Crippen molar-refractivity contribution in [3.63, 3.8) is 0 Å². The Kier molecular flexibility index (Phi) is 82.2. The molecule has 4 N–H and O–H groups in total. The summed E-state index contributed by atoms with van der Waals surface area (Å²) in [6.45, 7) is 2.58. The number of phosphoric acid groups is 2. The second kappa shape index (κ2) is 85.3. The van der Waals surface area contributed by atoms with Gasteiger partial charge in [-0.1, -0.05) is 380 Å². The number of unbranched alkanes of at least 4 members (excludes halogenated alkanes) is 42. The van der Waals surface area contributed by atoms with E-state index < -0.39 is 91.5 Å². The quantitative estimate of drug-likeness (QED) is 0.0146. The Morgan fingerprint density at radius 1 is 0.261 bits per heavy atom. The SMILES string of the molecule is CC/C=C\C/C=C\C/C=C\C/C=C\C/C=C\C/C=C\CCCCCCCCCCCCC(=O)OCC(COP(=O)(O)OCC(O)COP(=O)(O)OCC(O)COC(=O)CCCCCCCCCCCCCCCCCCCCC/C=C\C/C=C\C/C=C\C/C=C\CCCCC)OC(=O)CCCCCCCCCCCCC. The molecule has 16 nitrogen and oxygen atoms in total. The number of rotatable bonds is 85. The zero-order valence-corrected chi connectivity index (χ0v) is 72.4. The topological polar surface area (TPSA) is 231 Å². The average molecular weight is 1600 g/mol. The van der Waals surface area contributed by atoms with Gasteiger partial charge in [0.15, 0.2) is 6.10 Å². The Balaban J connectivity index is 4.33. The van der Waals surface area contributed by atoms with Crippen LogP contribution in [0.3, 0.4) is 0 Å². The zero-order valence-electron chi connectivity index (χ0n) is 70.6. The number of aliphatic hydroxyl groups is 2. The molecule has 0 saturated carbocycles. The van der Waals surface area contributed by atoms with E-state index in [1.54, 1.807) is 0 Å². The second-order valence-electron chi connectivity index (χ2n) is 30.0. The fraction of sp³-hybridized carbons (Fsp3) is 0.753. The fourth-order valence-corrected chi connectivity index (χ4v) is 14.0. The lowest BCUT2D eigenvalue weighted by Gasteiger charge is -2.21. The van der Waals surface area contributed by atoms with Crippen molar-refractivity contribution < 1.29 is 75.8 Å². The highest BCUT2D eigenvalue weighted by molar-refractivity contribution is 7.47. The first kappa shape index (κ1) is 107. The maximum absolute atomic E-state index is 13.0. The van der Waals surface area contributed by atoms with Crippen LogP contribution in [0.5, 0.6) is 0 Å². The molecule has 5 atom stereocenters. The summed E-state index contributed by atoms with van der Waals surface area (Å²) in [5.74, 6) is -1.56. The predicted molar refractivity (Wildman–Crippen MR) is 463 cm³/mol. The lowest BCUT2D eigenvalue weighted by atomic mass is 10.0. The summed E-state index contributed by atoms with van der Waals surface area (Å²) in [6, 6.07) is 0. The summed E-state index contributed by atoms with van der Waals surface area (Å²) < 4.78 is 61.3. The van der Waals surface area contributed by atoms with Crippen molar-refractivity contribution in [2.45, 2.75) is 411 Å². The van der Waals surface area contributed by atoms with Gasteiger partial charge in [0.05, 0.1) is 26.4 Å². The molecule has 111 heavy (non-hydrogen) atoms. The van der Waals surface area contributed by atoms with Crippen molar-refractivity contribution in [2.75, 3.05) is 39.6 Å². The van der Waals surface area contributed by atoms with Gasteiger partial charge in [-0.25, -0.2) is 9.13 Å². The monoisotopic (exact) mass is 1600 g/mol. The minimum atomic E-state index is -4.93. The number of ether oxygens (including phenoxy) is 3. The molecular weight excluding hydrogens is 1430 g/mol. The van der Waals surface area contributed by atoms with Crippen LogP contribution >= 0.6 is 15.6 Å². The summed E-state index contributed by atoms with van der Waals surface area (Å²) in [4.78, 5) is 58.7. The number of esters is 3. The molecule has 0 rings (SSSR count). The van der Waals surface area contributed by atoms with E-state index >= 15 is 0 Å². The molecule has 0 amide bonds. The Morgan fingerprint density at radius 3 is 0.775 bits per heavy atom. The second-order valence-corrected chi connectivity index (χ2v) is 32.9. The van der Waals surface area contributed by atoms with Crippen LogP contribution in [-0.2, 0) is 55.8 Å². The Bertz CT molecular complexity index is 2500. The van der Waals surface area contributed by atoms with E-state index in [4.69, 9.17) is 32.3 Å². The first-order chi connectivity index (χ1) is 54.2. The number of hydrogen-bond donors (Lipinski definition) is 4. The molecule has 0 spiro atoms. The van der Waals surface area contributed by atoms with Crippen LogP contribution in [0.2, 0.25) is 0 Å². The van der Waals surface area contributed by atoms with E-state index in [-0.39, 0.29) is 19.3 Å². The Morgan fingerprint density at radius 2 is 0.477 bits per heavy atom. The van der Waals surface area contributed by atoms with E-state index in [1.165, 1.54) is 199 Å². The Hall–Kier alpha value is -4.05. The molecule has 0 aromatic heterocycles. The first-order valence-electron chi connectivity index (χ1n) is 44.8. The molecule has 0 aromatic rings. The summed E-state index contributed by atoms with van der Waals surface area (Å²) in [6.07, 6.45) is 104. The van der Waals surface area contributed by atoms with Crippen LogP contribution in [0.4, 0.5) is 0 Å². The highest BCUT2D eigenvalue weighted by Crippen LogP contribution is 2.45. The minimum absolute atomic E-state index is 0.106. The van der Waals surface area contributed by atoms with E-state index in [1.807, 2.05) is 0 Å². The first-order valence-corrected chi connectivity index (χ1v) is 47.8. The Labute approximate surface area is 678 Å². The molecular formula is C93H164O16P2. The van der Waals surface area contributed by atoms with Crippen molar-refractivity contribution in [1.82, 2.24) is 0 Å². The molecule has 0 aromatic carbocycles. The van der Waals surface area contributed by atoms with Crippen molar-refractivity contribution in [3.8, 4) is 0 Å². The van der Waals surface area contributed by atoms with Gasteiger partial charge < -0.3 is 34.2 Å². The number of carbonyl (C=O) groups excluding carboxylic acids is 3. The van der Waals surface area contributed by atoms with Gasteiger partial charge in [0.25, 0.3) is 0 Å². The van der Waals surface area contributed by atoms with Gasteiger partial charge in [-0.05, 0) is 116 Å². The number of carbonyl (C=O) groups is 3. The van der Waals surface area contributed by atoms with Crippen LogP contribution in [-0.4, -0.2) is 95.9 Å². The largest absolute Gasteiger partial charge is 0.472 e. The summed E-state index contributed by atoms with van der Waals surface area (Å²) >= 11 is 0. The smallest absolute Gasteiger partial charge is 0.463 e. The standard InChI is InChI=1S/C93H164O16P2/c1-4-7-10-13-16-19-22-24-26-28-30-32-34-36-38-40-41-42-43-44-45-47-49-50-52-54-56-58-60-62-65-67-70-73-76-79-91(96)103-82-88(94)83-105-110(99,100)106-84-89(95)85-107-111(101,102)108-87-90(109-93(98)81-78-75-72-69-64-21-18-15-12-9-6-3)86-104-92(97)80-77-74-71-68-66-63-61-59-57-55-53-51-48-46-39-37-35-33-31-29-27-25-23-20-17-14-11-8-5-2/h8,11,16-17,19-20,24-27,30-33,36-39,48,51,88-90,94-95H,4-7,9-10,12-15,18,21-23,28-29,34-35,40-47,49-50,52-87H2,1-3H3,(H,99,100)(H,101,102)/b11-8-,19-16-,20-17-,26-24-,27-25-,32-30-,33-31-,38-36-,39-37-,51-48-. The number of allylic oxidation sites excluding steroid dienone is 20. The van der Waals surface area contributed by atoms with Gasteiger partial charge >= 0.3 is 33.6 Å². The third kappa shape index (κ3) is 86.6. The zero-order chi connectivity index (χ0) is 80.8. The highest BCUT2D eigenvalue weighted by atomic mass is 31.2. The van der Waals surface area contributed by atoms with Crippen molar-refractivity contribution >= 4 is 33.6 Å². The summed E-state index contributed by atoms with van der Waals surface area (Å²) in [5.41, 5.74) is 0. The fourth-order valence-electron chi connectivity index (χ4n) is 12.4. The van der Waals surface area contributed by atoms with Crippen LogP contribution < -0.4 is 0 Å². The number of phosphoric ester groups is 2. The van der Waals surface area contributed by atoms with E-state index in [0.717, 1.165) is 135 Å². The molecule has 0 saturated heterocycles. The van der Waals surface area contributed by atoms with E-state index in [0.29, 0.717) is 19.3 Å². The molecule has 0 bridgehead atoms. The molecule has 0 heterocycles. The number of aliphatic hydroxyl groups excluding tert-OH is 2. The summed E-state index contributed by atoms with van der Waals surface area (Å²) in [7, 11) is -9.78. The summed E-state index contributed by atoms with van der Waals surface area (Å²) in [5, 5.41) is 20.7. The van der Waals surface area contributed by atoms with Gasteiger partial charge in [-0.3, -0.25) is 32.5 Å². The van der Waals surface area contributed by atoms with Crippen molar-refractivity contribution in [1.29, 1.82) is 0 Å². The molecule has 0 aliphatic rings. The van der Waals surface area contributed by atoms with Gasteiger partial charge in [0.1, 0.15) is 25.4 Å². The highest BCUT2D eigenvalue weighted by Gasteiger charge is 2.29. The van der Waals surface area contributed by atoms with Gasteiger partial charge in [0, 0.05) is 19.3 Å². The van der Waals surface area contributed by atoms with Crippen LogP contribution in [0, 0.1) is 0 Å². The maximum atomic E-state index is 13.0. The molecule has 18 heteroatoms. The lowest BCUT2D eigenvalue weighted by Crippen LogP contribution is -2.30. The van der Waals surface area contributed by atoms with Gasteiger partial charge in [0.2, 0.25) is 0 Å². The van der Waals surface area contributed by atoms with Crippen LogP contribution in [0.15, 0.2) is 122 Å². The number of hydrogen-bond acceptors (Lipinski definition) is 14. The normalized spacial score (nSPS) is 14.4. The van der Waals surface area contributed by atoms with Gasteiger partial charge in [-0.2, -0.15) is 0 Å². The molecule has 642 valence electrons. The predicted octanol–water partition coefficient (Wildman–Crippen LogP) is 27.2. The van der Waals surface area contributed by atoms with Crippen LogP contribution in [0.25, 0.3) is 0 Å². The maximum Gasteiger partial charge on any atom is 0.472 e. The molecule has 0 fully saturated rings. The van der Waals surface area contributed by atoms with Crippen LogP contribution in [0.1, 0.15) is 393 Å². The van der Waals surface area contributed by atoms with E-state index in [9.17, 15) is 43.5 Å². The van der Waals surface area contributed by atoms with Crippen molar-refractivity contribution in [3.05, 3.63) is 122 Å².